The van der Waals surface area contributed by atoms with Gasteiger partial charge in [-0.3, -0.25) is 19.2 Å². The van der Waals surface area contributed by atoms with Crippen LogP contribution in [0.5, 0.6) is 0 Å². The number of likely N-dealkylation sites (tertiary alicyclic amines) is 2. The maximum Gasteiger partial charge on any atom is 0.407 e. The summed E-state index contributed by atoms with van der Waals surface area (Å²) in [6, 6.07) is 18.7. The van der Waals surface area contributed by atoms with Crippen LogP contribution < -0.4 is 10.7 Å². The molecule has 16 heteroatoms. The average molecular weight is 891 g/mol. The third-order valence-electron chi connectivity index (χ3n) is 11.8. The summed E-state index contributed by atoms with van der Waals surface area (Å²) in [6.07, 6.45) is 4.33. The summed E-state index contributed by atoms with van der Waals surface area (Å²) >= 11 is 0. The van der Waals surface area contributed by atoms with Gasteiger partial charge in [0.2, 0.25) is 11.8 Å². The summed E-state index contributed by atoms with van der Waals surface area (Å²) in [5.41, 5.74) is 4.96. The number of aromatic amines is 2. The number of hydrogen-bond acceptors (Lipinski definition) is 8. The van der Waals surface area contributed by atoms with Gasteiger partial charge in [0.15, 0.2) is 5.43 Å². The van der Waals surface area contributed by atoms with Crippen LogP contribution in [-0.2, 0) is 23.9 Å². The van der Waals surface area contributed by atoms with Gasteiger partial charge in [-0.2, -0.15) is 40.5 Å². The zero-order valence-electron chi connectivity index (χ0n) is 35.5. The van der Waals surface area contributed by atoms with Crippen LogP contribution >= 0.6 is 40.5 Å². The Kier molecular flexibility index (Phi) is 16.6. The van der Waals surface area contributed by atoms with Crippen molar-refractivity contribution in [3.63, 3.8) is 0 Å². The van der Waals surface area contributed by atoms with Crippen molar-refractivity contribution in [1.29, 1.82) is 0 Å². The van der Waals surface area contributed by atoms with E-state index in [1.54, 1.807) is 17.2 Å². The van der Waals surface area contributed by atoms with Gasteiger partial charge in [-0.25, -0.2) is 9.78 Å². The van der Waals surface area contributed by atoms with Gasteiger partial charge in [0.05, 0.1) is 50.5 Å². The predicted octanol–water partition coefficient (Wildman–Crippen LogP) is 7.62. The quantitative estimate of drug-likeness (QED) is 0.114. The monoisotopic (exact) mass is 890 g/mol. The van der Waals surface area contributed by atoms with Gasteiger partial charge in [0, 0.05) is 41.3 Å². The summed E-state index contributed by atoms with van der Waals surface area (Å²) in [4.78, 5) is 80.2. The number of esters is 1. The molecule has 0 radical (unpaired) electrons. The molecule has 0 bridgehead atoms. The van der Waals surface area contributed by atoms with Crippen LogP contribution in [0.4, 0.5) is 4.79 Å². The third kappa shape index (κ3) is 10.2. The van der Waals surface area contributed by atoms with Crippen LogP contribution in [0.15, 0.2) is 71.7 Å². The largest absolute Gasteiger partial charge is 0.469 e. The molecule has 2 aliphatic rings. The first-order chi connectivity index (χ1) is 27.9. The molecule has 3 N–H and O–H groups in total. The number of alkyl carbamates (subject to hydrolysis) is 1. The van der Waals surface area contributed by atoms with Crippen molar-refractivity contribution in [3.05, 3.63) is 88.6 Å². The number of ether oxygens (including phenoxy) is 2. The number of benzene rings is 3. The standard InChI is InChI=1S/C45H52N6O7.3H2S/c1-25(2)32(22-40(53)57-5)43(54)50-17-7-9-37(50)35-23-39(52)33-21-30(15-16-34(33)47-35)28-11-12-29-20-31(14-13-27(29)19-28)36-24-46-42(48-36)38-10-8-18-51(38)44(55)41(26(3)4)49-45(56)58-6;;;/h11-16,19-21,23-26,32,37-38,41H,7-10,17-18,22H2,1-6H3,(H,46,48)(H,47,52)(H,49,56);3*1H2/t32-,37?,38-,41-;;;/m0.../s1. The van der Waals surface area contributed by atoms with Gasteiger partial charge in [-0.1, -0.05) is 58.0 Å². The lowest BCUT2D eigenvalue weighted by atomic mass is 9.90. The van der Waals surface area contributed by atoms with Crippen molar-refractivity contribution < 1.29 is 28.7 Å². The SMILES string of the molecule is COC(=O)C[C@H](C(=O)N1CCCC1c1cc(=O)c2cc(-c3ccc4cc(-c5cnc([C@@H]6CCCN6C(=O)[C@@H](NC(=O)OC)C(C)C)[nH]5)ccc4c3)ccc2[nH]1)C(C)C.S.S.S. The maximum absolute atomic E-state index is 13.7. The number of nitrogens with zero attached hydrogens (tertiary/aromatic N) is 3. The lowest BCUT2D eigenvalue weighted by Crippen LogP contribution is -2.51. The number of carbonyl (C=O) groups excluding carboxylic acids is 4. The molecule has 3 amide bonds. The van der Waals surface area contributed by atoms with Crippen LogP contribution in [0.2, 0.25) is 0 Å². The van der Waals surface area contributed by atoms with Gasteiger partial charge < -0.3 is 34.6 Å². The molecule has 328 valence electrons. The Morgan fingerprint density at radius 3 is 2.00 bits per heavy atom. The first-order valence-corrected chi connectivity index (χ1v) is 20.2. The lowest BCUT2D eigenvalue weighted by Gasteiger charge is -2.30. The second-order valence-corrected chi connectivity index (χ2v) is 16.2. The van der Waals surface area contributed by atoms with E-state index >= 15 is 0 Å². The number of H-pyrrole nitrogens is 2. The van der Waals surface area contributed by atoms with Crippen LogP contribution in [0.25, 0.3) is 44.1 Å². The first kappa shape index (κ1) is 48.7. The summed E-state index contributed by atoms with van der Waals surface area (Å²) < 4.78 is 9.63. The van der Waals surface area contributed by atoms with Gasteiger partial charge in [-0.15, -0.1) is 0 Å². The van der Waals surface area contributed by atoms with E-state index in [1.165, 1.54) is 14.2 Å². The molecule has 0 saturated carbocycles. The molecule has 7 rings (SSSR count). The number of fused-ring (bicyclic) bond motifs is 2. The highest BCUT2D eigenvalue weighted by Crippen LogP contribution is 2.36. The number of amides is 3. The fourth-order valence-electron chi connectivity index (χ4n) is 8.50. The number of carbonyl (C=O) groups is 4. The molecule has 0 aliphatic carbocycles. The number of imidazole rings is 1. The van der Waals surface area contributed by atoms with Crippen LogP contribution in [-0.4, -0.2) is 82.0 Å². The predicted molar refractivity (Wildman–Crippen MR) is 253 cm³/mol. The second-order valence-electron chi connectivity index (χ2n) is 16.2. The van der Waals surface area contributed by atoms with Crippen molar-refractivity contribution in [2.24, 2.45) is 17.8 Å². The van der Waals surface area contributed by atoms with E-state index in [4.69, 9.17) is 14.5 Å². The third-order valence-corrected chi connectivity index (χ3v) is 11.8. The van der Waals surface area contributed by atoms with Gasteiger partial charge in [-0.05, 0) is 83.7 Å². The molecule has 2 aliphatic heterocycles. The van der Waals surface area contributed by atoms with E-state index in [-0.39, 0.29) is 88.1 Å². The molecule has 0 spiro atoms. The molecule has 2 saturated heterocycles. The van der Waals surface area contributed by atoms with E-state index in [9.17, 15) is 24.0 Å². The Morgan fingerprint density at radius 1 is 0.754 bits per heavy atom. The van der Waals surface area contributed by atoms with Crippen LogP contribution in [0.3, 0.4) is 0 Å². The highest BCUT2D eigenvalue weighted by molar-refractivity contribution is 7.59. The Labute approximate surface area is 377 Å². The number of methoxy groups -OCH3 is 2. The summed E-state index contributed by atoms with van der Waals surface area (Å²) in [5.74, 6) is -0.596. The molecule has 61 heavy (non-hydrogen) atoms. The Bertz CT molecular complexity index is 2430. The molecule has 3 aromatic carbocycles. The highest BCUT2D eigenvalue weighted by Gasteiger charge is 2.38. The Hall–Kier alpha value is -4.93. The number of hydrogen-bond donors (Lipinski definition) is 3. The zero-order chi connectivity index (χ0) is 41.2. The fraction of sp³-hybridized carbons (Fsp3) is 0.422. The summed E-state index contributed by atoms with van der Waals surface area (Å²) in [5, 5.41) is 5.33. The molecule has 1 unspecified atom stereocenters. The molecule has 2 aromatic heterocycles. The maximum atomic E-state index is 13.7. The Morgan fingerprint density at radius 2 is 1.36 bits per heavy atom. The smallest absolute Gasteiger partial charge is 0.407 e. The van der Waals surface area contributed by atoms with Crippen molar-refractivity contribution >= 4 is 86.0 Å². The zero-order valence-corrected chi connectivity index (χ0v) is 38.5. The number of aromatic nitrogens is 3. The highest BCUT2D eigenvalue weighted by atomic mass is 32.1. The minimum absolute atomic E-state index is 0. The molecule has 2 fully saturated rings. The van der Waals surface area contributed by atoms with E-state index < -0.39 is 24.0 Å². The van der Waals surface area contributed by atoms with Crippen molar-refractivity contribution in [2.45, 2.75) is 77.9 Å². The van der Waals surface area contributed by atoms with E-state index in [0.717, 1.165) is 58.8 Å². The molecule has 4 atom stereocenters. The number of pyridine rings is 1. The Balaban J connectivity index is 0.00000273. The second kappa shape index (κ2) is 20.8. The molecular formula is C45H58N6O7S3. The van der Waals surface area contributed by atoms with E-state index in [2.05, 4.69) is 39.6 Å². The van der Waals surface area contributed by atoms with Gasteiger partial charge in [0.1, 0.15) is 11.9 Å². The molecule has 13 nitrogen and oxygen atoms in total. The molecule has 5 aromatic rings. The van der Waals surface area contributed by atoms with E-state index in [0.29, 0.717) is 35.5 Å². The lowest BCUT2D eigenvalue weighted by molar-refractivity contribution is -0.148. The minimum atomic E-state index is -0.702. The molecule has 4 heterocycles. The summed E-state index contributed by atoms with van der Waals surface area (Å²) in [7, 11) is 2.62. The topological polar surface area (TPSA) is 167 Å². The minimum Gasteiger partial charge on any atom is -0.469 e. The van der Waals surface area contributed by atoms with Crippen molar-refractivity contribution in [2.75, 3.05) is 27.3 Å². The molecular weight excluding hydrogens is 833 g/mol. The average Bonchev–Trinajstić information content (AvgIpc) is 4.02. The van der Waals surface area contributed by atoms with Gasteiger partial charge >= 0.3 is 12.1 Å². The van der Waals surface area contributed by atoms with Crippen LogP contribution in [0.1, 0.15) is 83.4 Å². The first-order valence-electron chi connectivity index (χ1n) is 20.2. The summed E-state index contributed by atoms with van der Waals surface area (Å²) in [6.45, 7) is 8.81. The van der Waals surface area contributed by atoms with Crippen LogP contribution in [0, 0.1) is 17.8 Å². The normalized spacial score (nSPS) is 17.0. The van der Waals surface area contributed by atoms with Gasteiger partial charge in [0.25, 0.3) is 0 Å². The number of rotatable bonds is 11. The van der Waals surface area contributed by atoms with E-state index in [1.807, 2.05) is 62.9 Å². The van der Waals surface area contributed by atoms with Crippen molar-refractivity contribution in [1.82, 2.24) is 30.1 Å². The fourth-order valence-corrected chi connectivity index (χ4v) is 8.50. The number of nitrogens with one attached hydrogen (secondary N) is 3. The van der Waals surface area contributed by atoms with Crippen molar-refractivity contribution in [3.8, 4) is 22.4 Å².